The molecule has 2 amide bonds. The zero-order valence-corrected chi connectivity index (χ0v) is 7.87. The Bertz CT molecular complexity index is 244. The second-order valence-corrected chi connectivity index (χ2v) is 2.55. The van der Waals surface area contributed by atoms with Gasteiger partial charge in [-0.05, 0) is 0 Å². The summed E-state index contributed by atoms with van der Waals surface area (Å²) in [5.41, 5.74) is 8.50. The third kappa shape index (κ3) is 244. The number of primary amides is 2. The number of carbonyl (C=O) groups excluding carboxylic acids is 1. The molecule has 0 bridgehead atoms. The van der Waals surface area contributed by atoms with Gasteiger partial charge in [-0.3, -0.25) is 0 Å². The minimum Gasteiger partial charge on any atom is -0.473 e. The van der Waals surface area contributed by atoms with Gasteiger partial charge in [0, 0.05) is 0 Å². The van der Waals surface area contributed by atoms with Crippen LogP contribution in [0.25, 0.3) is 0 Å². The van der Waals surface area contributed by atoms with Crippen LogP contribution < -0.4 is 11.5 Å². The second-order valence-electron chi connectivity index (χ2n) is 1.53. The summed E-state index contributed by atoms with van der Waals surface area (Å²) in [5, 5.41) is 14.8. The van der Waals surface area contributed by atoms with Gasteiger partial charge in [0.2, 0.25) is 0 Å². The van der Waals surface area contributed by atoms with Crippen LogP contribution in [-0.2, 0) is 14.2 Å². The highest BCUT2D eigenvalue weighted by atomic mass is 31.2. The molecule has 11 nitrogen and oxygen atoms in total. The van der Waals surface area contributed by atoms with E-state index in [1.165, 1.54) is 0 Å². The summed E-state index contributed by atoms with van der Waals surface area (Å²) < 4.78 is 8.88. The van der Waals surface area contributed by atoms with Crippen molar-refractivity contribution in [3.63, 3.8) is 0 Å². The van der Waals surface area contributed by atoms with E-state index in [4.69, 9.17) is 43.8 Å². The quantitative estimate of drug-likeness (QED) is 0.174. The number of urea groups is 1. The average Bonchev–Trinajstić information content (AvgIpc) is 1.80. The van der Waals surface area contributed by atoms with Crippen molar-refractivity contribution < 1.29 is 43.8 Å². The van der Waals surface area contributed by atoms with Crippen LogP contribution in [0.15, 0.2) is 0 Å². The summed E-state index contributed by atoms with van der Waals surface area (Å²) in [6.07, 6.45) is 0. The van der Waals surface area contributed by atoms with E-state index in [1.807, 2.05) is 0 Å². The van der Waals surface area contributed by atoms with E-state index in [-0.39, 0.29) is 0 Å². The van der Waals surface area contributed by atoms with Crippen LogP contribution in [0.1, 0.15) is 0 Å². The molecule has 0 heterocycles. The highest BCUT2D eigenvalue weighted by Gasteiger charge is 2.04. The predicted molar refractivity (Wildman–Crippen MR) is 43.3 cm³/mol. The summed E-state index contributed by atoms with van der Waals surface area (Å²) in [7, 11) is -4.64. The number of carbonyl (C=O) groups is 3. The number of carboxylic acids is 2. The number of amides is 2. The Morgan fingerprint density at radius 2 is 0.933 bits per heavy atom. The van der Waals surface area contributed by atoms with Crippen molar-refractivity contribution in [2.75, 3.05) is 0 Å². The van der Waals surface area contributed by atoms with Crippen molar-refractivity contribution in [2.24, 2.45) is 11.5 Å². The average molecular weight is 248 g/mol. The lowest BCUT2D eigenvalue weighted by Crippen LogP contribution is -2.18. The minimum atomic E-state index is -4.64. The van der Waals surface area contributed by atoms with Crippen LogP contribution in [-0.4, -0.2) is 42.9 Å². The molecule has 0 aliphatic carbocycles. The second kappa shape index (κ2) is 8.90. The Balaban J connectivity index is -0.000000147. The van der Waals surface area contributed by atoms with Crippen molar-refractivity contribution in [1.82, 2.24) is 0 Å². The van der Waals surface area contributed by atoms with E-state index in [1.54, 1.807) is 0 Å². The van der Waals surface area contributed by atoms with Crippen molar-refractivity contribution in [3.8, 4) is 0 Å². The Morgan fingerprint density at radius 1 is 0.867 bits per heavy atom. The van der Waals surface area contributed by atoms with Crippen molar-refractivity contribution in [1.29, 1.82) is 0 Å². The Morgan fingerprint density at radius 3 is 0.933 bits per heavy atom. The van der Waals surface area contributed by atoms with Crippen LogP contribution >= 0.6 is 7.82 Å². The molecule has 0 saturated heterocycles. The van der Waals surface area contributed by atoms with E-state index in [9.17, 15) is 0 Å². The van der Waals surface area contributed by atoms with Crippen LogP contribution in [0.4, 0.5) is 4.79 Å². The van der Waals surface area contributed by atoms with Crippen LogP contribution in [0.2, 0.25) is 0 Å². The molecule has 0 unspecified atom stereocenters. The zero-order chi connectivity index (χ0) is 13.2. The molecule has 0 atom stereocenters. The molecular weight excluding hydrogens is 239 g/mol. The van der Waals surface area contributed by atoms with Gasteiger partial charge in [-0.25, -0.2) is 18.9 Å². The van der Waals surface area contributed by atoms with Crippen LogP contribution in [0, 0.1) is 0 Å². The maximum atomic E-state index is 9.10. The van der Waals surface area contributed by atoms with Crippen molar-refractivity contribution in [2.45, 2.75) is 0 Å². The predicted octanol–water partition coefficient (Wildman–Crippen LogP) is -2.75. The first kappa shape index (κ1) is 19.0. The third-order valence-corrected chi connectivity index (χ3v) is 0.183. The third-order valence-electron chi connectivity index (χ3n) is 0.183. The number of aliphatic carboxylic acids is 2. The fraction of sp³-hybridized carbons (Fsp3) is 0. The van der Waals surface area contributed by atoms with Gasteiger partial charge < -0.3 is 36.4 Å². The summed E-state index contributed by atoms with van der Waals surface area (Å²) in [4.78, 5) is 48.8. The molecule has 9 N–H and O–H groups in total. The number of nitrogens with two attached hydrogens (primary N) is 2. The maximum absolute atomic E-state index is 9.10. The summed E-state index contributed by atoms with van der Waals surface area (Å²) in [6, 6.07) is -0.833. The van der Waals surface area contributed by atoms with Gasteiger partial charge in [-0.2, -0.15) is 0 Å². The van der Waals surface area contributed by atoms with E-state index in [0.29, 0.717) is 0 Å². The van der Waals surface area contributed by atoms with Crippen molar-refractivity contribution in [3.05, 3.63) is 0 Å². The van der Waals surface area contributed by atoms with Gasteiger partial charge in [0.25, 0.3) is 0 Å². The Labute approximate surface area is 82.2 Å². The maximum Gasteiger partial charge on any atom is 0.466 e. The van der Waals surface area contributed by atoms with Crippen molar-refractivity contribution >= 4 is 25.8 Å². The first-order valence-corrected chi connectivity index (χ1v) is 4.23. The van der Waals surface area contributed by atoms with Gasteiger partial charge >= 0.3 is 25.8 Å². The molecule has 15 heavy (non-hydrogen) atoms. The standard InChI is InChI=1S/C2H2O4.CH4N2O.H3O4P/c3-1(4)2(5)6;2-1(3)4;1-5(2,3)4/h(H,3,4)(H,5,6);(H4,2,3,4);(H3,1,2,3,4). The zero-order valence-electron chi connectivity index (χ0n) is 6.97. The normalized spacial score (nSPS) is 8.47. The molecule has 0 saturated carbocycles. The minimum absolute atomic E-state index is 0.833. The molecule has 90 valence electrons. The number of rotatable bonds is 0. The number of carboxylic acid groups (broad SMARTS) is 2. The molecule has 0 radical (unpaired) electrons. The number of phosphoric acid groups is 1. The molecule has 0 fully saturated rings. The smallest absolute Gasteiger partial charge is 0.466 e. The lowest BCUT2D eigenvalue weighted by molar-refractivity contribution is -0.159. The molecule has 0 aliphatic heterocycles. The monoisotopic (exact) mass is 248 g/mol. The fourth-order valence-corrected chi connectivity index (χ4v) is 0. The molecule has 0 aromatic heterocycles. The first-order valence-electron chi connectivity index (χ1n) is 2.67. The van der Waals surface area contributed by atoms with Gasteiger partial charge in [-0.1, -0.05) is 0 Å². The summed E-state index contributed by atoms with van der Waals surface area (Å²) >= 11 is 0. The number of hydrogen-bond donors (Lipinski definition) is 7. The SMILES string of the molecule is NC(N)=O.O=C(O)C(=O)O.O=P(O)(O)O. The lowest BCUT2D eigenvalue weighted by Gasteiger charge is -1.82. The lowest BCUT2D eigenvalue weighted by atomic mass is 10.7. The highest BCUT2D eigenvalue weighted by Crippen LogP contribution is 2.25. The van der Waals surface area contributed by atoms with Gasteiger partial charge in [-0.15, -0.1) is 0 Å². The molecule has 0 aromatic rings. The van der Waals surface area contributed by atoms with E-state index in [0.717, 1.165) is 0 Å². The van der Waals surface area contributed by atoms with E-state index >= 15 is 0 Å². The summed E-state index contributed by atoms with van der Waals surface area (Å²) in [5.74, 6) is -3.65. The Hall–Kier alpha value is -1.68. The largest absolute Gasteiger partial charge is 0.473 e. The molecule has 0 spiro atoms. The van der Waals surface area contributed by atoms with E-state index in [2.05, 4.69) is 11.5 Å². The van der Waals surface area contributed by atoms with Gasteiger partial charge in [0.15, 0.2) is 0 Å². The van der Waals surface area contributed by atoms with E-state index < -0.39 is 25.8 Å². The molecule has 0 aromatic carbocycles. The molecule has 12 heteroatoms. The topological polar surface area (TPSA) is 221 Å². The van der Waals surface area contributed by atoms with Crippen LogP contribution in [0.3, 0.4) is 0 Å². The molecule has 0 rings (SSSR count). The van der Waals surface area contributed by atoms with Crippen LogP contribution in [0.5, 0.6) is 0 Å². The first-order chi connectivity index (χ1) is 6.37. The highest BCUT2D eigenvalue weighted by molar-refractivity contribution is 7.45. The Kier molecular flexibility index (Phi) is 11.3. The van der Waals surface area contributed by atoms with Gasteiger partial charge in [0.1, 0.15) is 0 Å². The molecule has 0 aliphatic rings. The fourth-order valence-electron chi connectivity index (χ4n) is 0. The van der Waals surface area contributed by atoms with Gasteiger partial charge in [0.05, 0.1) is 0 Å². The summed E-state index contributed by atoms with van der Waals surface area (Å²) in [6.45, 7) is 0. The molecular formula is C3H9N2O9P. The number of hydrogen-bond acceptors (Lipinski definition) is 4.